The molecule has 7 heteroatoms. The maximum atomic E-state index is 14.0. The largest absolute Gasteiger partial charge is 0.465 e. The van der Waals surface area contributed by atoms with Gasteiger partial charge in [0, 0.05) is 15.8 Å². The van der Waals surface area contributed by atoms with Crippen LogP contribution < -0.4 is 5.32 Å². The standard InChI is InChI=1S/C17H23BrFNO3S/c1-4-7-14(17(22)23-8-5-2)24-15-10-13(20-16(21)6-3)12(19)9-11(15)18/h9-10,14H,4-8H2,1-3H3,(H,20,21). The Morgan fingerprint density at radius 2 is 2.00 bits per heavy atom. The van der Waals surface area contributed by atoms with Crippen LogP contribution >= 0.6 is 27.7 Å². The van der Waals surface area contributed by atoms with Gasteiger partial charge in [-0.25, -0.2) is 4.39 Å². The van der Waals surface area contributed by atoms with E-state index in [0.717, 1.165) is 12.8 Å². The summed E-state index contributed by atoms with van der Waals surface area (Å²) in [5.74, 6) is -1.05. The number of thioether (sulfide) groups is 1. The normalized spacial score (nSPS) is 11.9. The maximum absolute atomic E-state index is 14.0. The molecule has 1 rings (SSSR count). The number of carbonyl (C=O) groups excluding carboxylic acids is 2. The number of carbonyl (C=O) groups is 2. The minimum atomic E-state index is -0.520. The highest BCUT2D eigenvalue weighted by molar-refractivity contribution is 9.10. The number of amides is 1. The summed E-state index contributed by atoms with van der Waals surface area (Å²) in [6, 6.07) is 2.85. The van der Waals surface area contributed by atoms with E-state index in [4.69, 9.17) is 4.74 Å². The molecule has 134 valence electrons. The second-order valence-electron chi connectivity index (χ2n) is 5.23. The molecule has 0 aliphatic rings. The molecule has 0 spiro atoms. The van der Waals surface area contributed by atoms with Crippen molar-refractivity contribution in [3.05, 3.63) is 22.4 Å². The van der Waals surface area contributed by atoms with Gasteiger partial charge in [0.1, 0.15) is 11.1 Å². The smallest absolute Gasteiger partial charge is 0.319 e. The lowest BCUT2D eigenvalue weighted by Crippen LogP contribution is -2.20. The fourth-order valence-electron chi connectivity index (χ4n) is 1.89. The van der Waals surface area contributed by atoms with E-state index in [1.807, 2.05) is 13.8 Å². The van der Waals surface area contributed by atoms with Crippen molar-refractivity contribution in [1.29, 1.82) is 0 Å². The lowest BCUT2D eigenvalue weighted by Gasteiger charge is -2.17. The first-order chi connectivity index (χ1) is 11.4. The molecule has 4 nitrogen and oxygen atoms in total. The number of hydrogen-bond acceptors (Lipinski definition) is 4. The Morgan fingerprint density at radius 1 is 1.29 bits per heavy atom. The van der Waals surface area contributed by atoms with Crippen LogP contribution in [0.2, 0.25) is 0 Å². The molecule has 0 saturated carbocycles. The van der Waals surface area contributed by atoms with Crippen molar-refractivity contribution in [3.63, 3.8) is 0 Å². The SMILES string of the molecule is CCCOC(=O)C(CCC)Sc1cc(NC(=O)CC)c(F)cc1Br. The molecule has 1 unspecified atom stereocenters. The molecule has 1 aromatic rings. The topological polar surface area (TPSA) is 55.4 Å². The van der Waals surface area contributed by atoms with Crippen molar-refractivity contribution < 1.29 is 18.7 Å². The number of halogens is 2. The van der Waals surface area contributed by atoms with Crippen LogP contribution in [0.1, 0.15) is 46.5 Å². The van der Waals surface area contributed by atoms with Crippen LogP contribution in [0, 0.1) is 5.82 Å². The summed E-state index contributed by atoms with van der Waals surface area (Å²) in [6.07, 6.45) is 2.52. The van der Waals surface area contributed by atoms with Crippen LogP contribution in [0.15, 0.2) is 21.5 Å². The lowest BCUT2D eigenvalue weighted by molar-refractivity contribution is -0.143. The average molecular weight is 420 g/mol. The average Bonchev–Trinajstić information content (AvgIpc) is 2.55. The molecule has 1 aromatic carbocycles. The van der Waals surface area contributed by atoms with E-state index < -0.39 is 5.82 Å². The summed E-state index contributed by atoms with van der Waals surface area (Å²) in [6.45, 7) is 6.02. The predicted octanol–water partition coefficient (Wildman–Crippen LogP) is 5.15. The fourth-order valence-corrected chi connectivity index (χ4v) is 3.67. The number of anilines is 1. The number of hydrogen-bond donors (Lipinski definition) is 1. The molecule has 0 bridgehead atoms. The molecule has 1 amide bonds. The summed E-state index contributed by atoms with van der Waals surface area (Å²) in [5.41, 5.74) is 0.115. The molecule has 24 heavy (non-hydrogen) atoms. The second-order valence-corrected chi connectivity index (χ2v) is 7.33. The molecule has 1 atom stereocenters. The van der Waals surface area contributed by atoms with Crippen LogP contribution in [0.4, 0.5) is 10.1 Å². The number of esters is 1. The van der Waals surface area contributed by atoms with Gasteiger partial charge in [-0.15, -0.1) is 11.8 Å². The molecule has 0 aliphatic carbocycles. The van der Waals surface area contributed by atoms with Crippen LogP contribution in [0.3, 0.4) is 0 Å². The van der Waals surface area contributed by atoms with Gasteiger partial charge in [0.15, 0.2) is 0 Å². The number of nitrogens with one attached hydrogen (secondary N) is 1. The molecule has 1 N–H and O–H groups in total. The van der Waals surface area contributed by atoms with Crippen LogP contribution in [-0.2, 0) is 14.3 Å². The summed E-state index contributed by atoms with van der Waals surface area (Å²) in [5, 5.41) is 2.17. The van der Waals surface area contributed by atoms with E-state index in [2.05, 4.69) is 21.2 Å². The third-order valence-corrected chi connectivity index (χ3v) is 5.37. The summed E-state index contributed by atoms with van der Waals surface area (Å²) >= 11 is 4.64. The number of benzene rings is 1. The lowest BCUT2D eigenvalue weighted by atomic mass is 10.2. The molecule has 0 fully saturated rings. The quantitative estimate of drug-likeness (QED) is 0.444. The van der Waals surface area contributed by atoms with Gasteiger partial charge in [-0.2, -0.15) is 0 Å². The Kier molecular flexibility index (Phi) is 9.36. The molecule has 0 aromatic heterocycles. The summed E-state index contributed by atoms with van der Waals surface area (Å²) < 4.78 is 19.8. The predicted molar refractivity (Wildman–Crippen MR) is 98.8 cm³/mol. The Morgan fingerprint density at radius 3 is 2.58 bits per heavy atom. The molecule has 0 saturated heterocycles. The van der Waals surface area contributed by atoms with Crippen LogP contribution in [0.5, 0.6) is 0 Å². The zero-order valence-electron chi connectivity index (χ0n) is 14.2. The minimum absolute atomic E-state index is 0.115. The van der Waals surface area contributed by atoms with Crippen LogP contribution in [-0.4, -0.2) is 23.7 Å². The summed E-state index contributed by atoms with van der Waals surface area (Å²) in [7, 11) is 0. The third-order valence-electron chi connectivity index (χ3n) is 3.15. The summed E-state index contributed by atoms with van der Waals surface area (Å²) in [4.78, 5) is 24.4. The van der Waals surface area contributed by atoms with Crippen molar-refractivity contribution in [2.75, 3.05) is 11.9 Å². The Balaban J connectivity index is 2.98. The Bertz CT molecular complexity index is 583. The van der Waals surface area contributed by atoms with Gasteiger partial charge in [-0.3, -0.25) is 9.59 Å². The van der Waals surface area contributed by atoms with Crippen LogP contribution in [0.25, 0.3) is 0 Å². The van der Waals surface area contributed by atoms with E-state index in [1.165, 1.54) is 17.8 Å². The highest BCUT2D eigenvalue weighted by atomic mass is 79.9. The number of rotatable bonds is 9. The molecule has 0 aliphatic heterocycles. The van der Waals surface area contributed by atoms with Crippen molar-refractivity contribution in [1.82, 2.24) is 0 Å². The van der Waals surface area contributed by atoms with E-state index >= 15 is 0 Å². The fraction of sp³-hybridized carbons (Fsp3) is 0.529. The van der Waals surface area contributed by atoms with E-state index in [0.29, 0.717) is 22.4 Å². The second kappa shape index (κ2) is 10.7. The van der Waals surface area contributed by atoms with Gasteiger partial charge in [-0.1, -0.05) is 27.2 Å². The van der Waals surface area contributed by atoms with Gasteiger partial charge < -0.3 is 10.1 Å². The minimum Gasteiger partial charge on any atom is -0.465 e. The van der Waals surface area contributed by atoms with E-state index in [-0.39, 0.29) is 29.2 Å². The van der Waals surface area contributed by atoms with E-state index in [1.54, 1.807) is 13.0 Å². The Hall–Kier alpha value is -1.08. The van der Waals surface area contributed by atoms with Gasteiger partial charge >= 0.3 is 5.97 Å². The Labute approximate surface area is 155 Å². The highest BCUT2D eigenvalue weighted by Crippen LogP contribution is 2.36. The van der Waals surface area contributed by atoms with Gasteiger partial charge in [0.25, 0.3) is 0 Å². The first-order valence-corrected chi connectivity index (χ1v) is 9.72. The third kappa shape index (κ3) is 6.43. The van der Waals surface area contributed by atoms with Crippen molar-refractivity contribution in [2.45, 2.75) is 56.6 Å². The zero-order chi connectivity index (χ0) is 18.1. The first kappa shape index (κ1) is 21.0. The molecule has 0 heterocycles. The zero-order valence-corrected chi connectivity index (χ0v) is 16.6. The molecular weight excluding hydrogens is 397 g/mol. The number of ether oxygens (including phenoxy) is 1. The van der Waals surface area contributed by atoms with Gasteiger partial charge in [0.05, 0.1) is 12.3 Å². The molecular formula is C17H23BrFNO3S. The van der Waals surface area contributed by atoms with Crippen molar-refractivity contribution >= 4 is 45.3 Å². The monoisotopic (exact) mass is 419 g/mol. The van der Waals surface area contributed by atoms with E-state index in [9.17, 15) is 14.0 Å². The van der Waals surface area contributed by atoms with Gasteiger partial charge in [-0.05, 0) is 40.9 Å². The highest BCUT2D eigenvalue weighted by Gasteiger charge is 2.22. The van der Waals surface area contributed by atoms with Gasteiger partial charge in [0.2, 0.25) is 5.91 Å². The maximum Gasteiger partial charge on any atom is 0.319 e. The first-order valence-electron chi connectivity index (χ1n) is 8.05. The molecule has 0 radical (unpaired) electrons. The van der Waals surface area contributed by atoms with Crippen molar-refractivity contribution in [3.8, 4) is 0 Å². The van der Waals surface area contributed by atoms with Crippen molar-refractivity contribution in [2.24, 2.45) is 0 Å².